The number of benzene rings is 1. The lowest BCUT2D eigenvalue weighted by atomic mass is 9.86. The molecule has 102 valence electrons. The van der Waals surface area contributed by atoms with Crippen LogP contribution in [0.1, 0.15) is 52.1 Å². The van der Waals surface area contributed by atoms with Gasteiger partial charge in [-0.25, -0.2) is 0 Å². The predicted octanol–water partition coefficient (Wildman–Crippen LogP) is 4.67. The average Bonchev–Trinajstić information content (AvgIpc) is 2.25. The zero-order chi connectivity index (χ0) is 13.8. The van der Waals surface area contributed by atoms with Gasteiger partial charge in [-0.05, 0) is 51.9 Å². The second kappa shape index (κ2) is 6.58. The lowest BCUT2D eigenvalue weighted by Crippen LogP contribution is -2.18. The topological polar surface area (TPSA) is 35.2 Å². The molecule has 0 amide bonds. The third-order valence-corrected chi connectivity index (χ3v) is 3.30. The van der Waals surface area contributed by atoms with Crippen molar-refractivity contribution in [2.75, 3.05) is 6.61 Å². The highest BCUT2D eigenvalue weighted by atomic mass is 79.9. The van der Waals surface area contributed by atoms with Gasteiger partial charge in [0.15, 0.2) is 0 Å². The summed E-state index contributed by atoms with van der Waals surface area (Å²) in [4.78, 5) is 0. The van der Waals surface area contributed by atoms with Crippen LogP contribution in [0.25, 0.3) is 0 Å². The Morgan fingerprint density at radius 2 is 2.00 bits per heavy atom. The van der Waals surface area contributed by atoms with Gasteiger partial charge in [-0.3, -0.25) is 0 Å². The van der Waals surface area contributed by atoms with Crippen LogP contribution in [0.5, 0.6) is 5.75 Å². The van der Waals surface area contributed by atoms with E-state index in [-0.39, 0.29) is 11.5 Å². The number of nitrogens with two attached hydrogens (primary N) is 1. The molecule has 0 aliphatic rings. The monoisotopic (exact) mass is 313 g/mol. The zero-order valence-corrected chi connectivity index (χ0v) is 13.4. The average molecular weight is 314 g/mol. The van der Waals surface area contributed by atoms with Crippen LogP contribution in [-0.2, 0) is 0 Å². The lowest BCUT2D eigenvalue weighted by molar-refractivity contribution is 0.315. The quantitative estimate of drug-likeness (QED) is 0.857. The van der Waals surface area contributed by atoms with Crippen LogP contribution in [0.15, 0.2) is 22.7 Å². The van der Waals surface area contributed by atoms with Gasteiger partial charge in [0.2, 0.25) is 0 Å². The van der Waals surface area contributed by atoms with Gasteiger partial charge in [-0.15, -0.1) is 0 Å². The second-order valence-electron chi connectivity index (χ2n) is 5.91. The normalized spacial score (nSPS) is 13.4. The highest BCUT2D eigenvalue weighted by Gasteiger charge is 2.17. The fraction of sp³-hybridized carbons (Fsp3) is 0.600. The fourth-order valence-corrected chi connectivity index (χ4v) is 2.37. The molecule has 2 N–H and O–H groups in total. The molecule has 0 aromatic heterocycles. The minimum atomic E-state index is 0.0709. The molecule has 0 aliphatic heterocycles. The smallest absolute Gasteiger partial charge is 0.133 e. The van der Waals surface area contributed by atoms with E-state index in [1.807, 2.05) is 6.07 Å². The molecule has 0 heterocycles. The summed E-state index contributed by atoms with van der Waals surface area (Å²) in [5.74, 6) is 0.892. The van der Waals surface area contributed by atoms with Crippen molar-refractivity contribution >= 4 is 15.9 Å². The summed E-state index contributed by atoms with van der Waals surface area (Å²) in [6, 6.07) is 6.20. The van der Waals surface area contributed by atoms with E-state index >= 15 is 0 Å². The van der Waals surface area contributed by atoms with Crippen molar-refractivity contribution in [3.63, 3.8) is 0 Å². The predicted molar refractivity (Wildman–Crippen MR) is 80.9 cm³/mol. The standard InChI is InChI=1S/C15H24BrNO/c1-5-8-18-14-7-6-11(9-12(14)16)13(17)10-15(2,3)4/h6-7,9,13H,5,8,10,17H2,1-4H3. The highest BCUT2D eigenvalue weighted by molar-refractivity contribution is 9.10. The largest absolute Gasteiger partial charge is 0.492 e. The van der Waals surface area contributed by atoms with Crippen molar-refractivity contribution in [1.82, 2.24) is 0 Å². The summed E-state index contributed by atoms with van der Waals surface area (Å²) in [6.45, 7) is 9.47. The maximum Gasteiger partial charge on any atom is 0.133 e. The molecule has 1 rings (SSSR count). The van der Waals surface area contributed by atoms with Gasteiger partial charge in [0.25, 0.3) is 0 Å². The molecule has 0 radical (unpaired) electrons. The first kappa shape index (κ1) is 15.5. The lowest BCUT2D eigenvalue weighted by Gasteiger charge is -2.23. The summed E-state index contributed by atoms with van der Waals surface area (Å²) < 4.78 is 6.62. The van der Waals surface area contributed by atoms with Gasteiger partial charge in [0, 0.05) is 6.04 Å². The molecular formula is C15H24BrNO. The van der Waals surface area contributed by atoms with E-state index in [0.29, 0.717) is 0 Å². The summed E-state index contributed by atoms with van der Waals surface area (Å²) in [6.07, 6.45) is 1.98. The summed E-state index contributed by atoms with van der Waals surface area (Å²) in [5, 5.41) is 0. The van der Waals surface area contributed by atoms with Crippen LogP contribution in [0.4, 0.5) is 0 Å². The molecule has 2 nitrogen and oxygen atoms in total. The first-order valence-corrected chi connectivity index (χ1v) is 7.30. The molecule has 0 bridgehead atoms. The molecule has 0 fully saturated rings. The number of rotatable bonds is 5. The molecule has 1 aromatic rings. The van der Waals surface area contributed by atoms with E-state index in [1.54, 1.807) is 0 Å². The SMILES string of the molecule is CCCOc1ccc(C(N)CC(C)(C)C)cc1Br. The molecule has 1 atom stereocenters. The van der Waals surface area contributed by atoms with Crippen molar-refractivity contribution in [2.24, 2.45) is 11.1 Å². The summed E-state index contributed by atoms with van der Waals surface area (Å²) in [5.41, 5.74) is 7.63. The minimum Gasteiger partial charge on any atom is -0.492 e. The summed E-state index contributed by atoms with van der Waals surface area (Å²) in [7, 11) is 0. The van der Waals surface area contributed by atoms with Crippen LogP contribution in [-0.4, -0.2) is 6.61 Å². The highest BCUT2D eigenvalue weighted by Crippen LogP contribution is 2.32. The molecule has 3 heteroatoms. The maximum absolute atomic E-state index is 6.24. The van der Waals surface area contributed by atoms with Crippen LogP contribution in [0.2, 0.25) is 0 Å². The van der Waals surface area contributed by atoms with Gasteiger partial charge in [-0.1, -0.05) is 33.8 Å². The molecule has 1 unspecified atom stereocenters. The van der Waals surface area contributed by atoms with Crippen LogP contribution >= 0.6 is 15.9 Å². The van der Waals surface area contributed by atoms with E-state index in [0.717, 1.165) is 35.2 Å². The molecule has 0 aliphatic carbocycles. The molecular weight excluding hydrogens is 290 g/mol. The Kier molecular flexibility index (Phi) is 5.67. The third kappa shape index (κ3) is 4.99. The van der Waals surface area contributed by atoms with Crippen molar-refractivity contribution in [2.45, 2.75) is 46.6 Å². The Morgan fingerprint density at radius 1 is 1.33 bits per heavy atom. The Balaban J connectivity index is 2.77. The van der Waals surface area contributed by atoms with Gasteiger partial charge < -0.3 is 10.5 Å². The third-order valence-electron chi connectivity index (χ3n) is 2.68. The molecule has 0 spiro atoms. The first-order valence-electron chi connectivity index (χ1n) is 6.51. The Bertz CT molecular complexity index is 385. The Labute approximate surface area is 119 Å². The molecule has 18 heavy (non-hydrogen) atoms. The van der Waals surface area contributed by atoms with Crippen molar-refractivity contribution < 1.29 is 4.74 Å². The number of ether oxygens (including phenoxy) is 1. The fourth-order valence-electron chi connectivity index (χ4n) is 1.85. The molecule has 0 saturated carbocycles. The summed E-state index contributed by atoms with van der Waals surface area (Å²) >= 11 is 3.54. The second-order valence-corrected chi connectivity index (χ2v) is 6.76. The van der Waals surface area contributed by atoms with E-state index in [9.17, 15) is 0 Å². The van der Waals surface area contributed by atoms with Crippen molar-refractivity contribution in [1.29, 1.82) is 0 Å². The molecule has 1 aromatic carbocycles. The number of hydrogen-bond donors (Lipinski definition) is 1. The number of halogens is 1. The van der Waals surface area contributed by atoms with Crippen LogP contribution in [0.3, 0.4) is 0 Å². The van der Waals surface area contributed by atoms with Crippen LogP contribution in [0, 0.1) is 5.41 Å². The van der Waals surface area contributed by atoms with Crippen molar-refractivity contribution in [3.05, 3.63) is 28.2 Å². The zero-order valence-electron chi connectivity index (χ0n) is 11.8. The Morgan fingerprint density at radius 3 is 2.50 bits per heavy atom. The maximum atomic E-state index is 6.24. The van der Waals surface area contributed by atoms with Gasteiger partial charge >= 0.3 is 0 Å². The van der Waals surface area contributed by atoms with Gasteiger partial charge in [0.1, 0.15) is 5.75 Å². The van der Waals surface area contributed by atoms with E-state index < -0.39 is 0 Å². The van der Waals surface area contributed by atoms with E-state index in [1.165, 1.54) is 0 Å². The minimum absolute atomic E-state index is 0.0709. The van der Waals surface area contributed by atoms with Crippen molar-refractivity contribution in [3.8, 4) is 5.75 Å². The van der Waals surface area contributed by atoms with Gasteiger partial charge in [0.05, 0.1) is 11.1 Å². The molecule has 0 saturated heterocycles. The van der Waals surface area contributed by atoms with E-state index in [4.69, 9.17) is 10.5 Å². The Hall–Kier alpha value is -0.540. The van der Waals surface area contributed by atoms with Gasteiger partial charge in [-0.2, -0.15) is 0 Å². The number of hydrogen-bond acceptors (Lipinski definition) is 2. The van der Waals surface area contributed by atoms with Crippen LogP contribution < -0.4 is 10.5 Å². The van der Waals surface area contributed by atoms with E-state index in [2.05, 4.69) is 55.8 Å². The first-order chi connectivity index (χ1) is 8.33.